The van der Waals surface area contributed by atoms with Crippen LogP contribution in [0.5, 0.6) is 0 Å². The number of nitrogens with one attached hydrogen (secondary N) is 1. The summed E-state index contributed by atoms with van der Waals surface area (Å²) in [6.45, 7) is 6.96. The molecule has 1 atom stereocenters. The van der Waals surface area contributed by atoms with Crippen molar-refractivity contribution in [2.24, 2.45) is 0 Å². The summed E-state index contributed by atoms with van der Waals surface area (Å²) in [6.07, 6.45) is 0. The van der Waals surface area contributed by atoms with E-state index >= 15 is 0 Å². The molecular weight excluding hydrogens is 292 g/mol. The number of thioether (sulfide) groups is 1. The second kappa shape index (κ2) is 6.05. The Morgan fingerprint density at radius 1 is 1.18 bits per heavy atom. The summed E-state index contributed by atoms with van der Waals surface area (Å²) >= 11 is 1.82. The van der Waals surface area contributed by atoms with Gasteiger partial charge in [-0.2, -0.15) is 0 Å². The monoisotopic (exact) mass is 312 g/mol. The molecule has 0 fully saturated rings. The van der Waals surface area contributed by atoms with Gasteiger partial charge in [0.25, 0.3) is 0 Å². The van der Waals surface area contributed by atoms with Crippen LogP contribution in [0.3, 0.4) is 0 Å². The third kappa shape index (κ3) is 2.83. The van der Waals surface area contributed by atoms with E-state index in [1.54, 1.807) is 0 Å². The zero-order chi connectivity index (χ0) is 15.7. The largest absolute Gasteiger partial charge is 0.326 e. The van der Waals surface area contributed by atoms with Crippen LogP contribution in [-0.4, -0.2) is 17.8 Å². The summed E-state index contributed by atoms with van der Waals surface area (Å²) in [5, 5.41) is 3.45. The van der Waals surface area contributed by atoms with E-state index in [1.807, 2.05) is 53.9 Å². The molecule has 1 heterocycles. The van der Waals surface area contributed by atoms with Crippen molar-refractivity contribution in [1.29, 1.82) is 0 Å². The van der Waals surface area contributed by atoms with E-state index in [1.165, 1.54) is 5.56 Å². The Labute approximate surface area is 135 Å². The zero-order valence-corrected chi connectivity index (χ0v) is 13.9. The van der Waals surface area contributed by atoms with E-state index in [2.05, 4.69) is 31.3 Å². The van der Waals surface area contributed by atoms with Gasteiger partial charge in [-0.3, -0.25) is 4.90 Å². The van der Waals surface area contributed by atoms with Gasteiger partial charge in [-0.1, -0.05) is 31.2 Å². The van der Waals surface area contributed by atoms with Crippen LogP contribution in [0, 0.1) is 13.8 Å². The van der Waals surface area contributed by atoms with Crippen LogP contribution in [0.15, 0.2) is 47.4 Å². The molecule has 0 radical (unpaired) electrons. The molecule has 2 amide bonds. The molecule has 114 valence electrons. The Hall–Kier alpha value is -1.94. The molecule has 2 aromatic rings. The van der Waals surface area contributed by atoms with Crippen molar-refractivity contribution in [3.8, 4) is 0 Å². The fraction of sp³-hybridized carbons (Fsp3) is 0.278. The number of rotatable bonds is 1. The molecule has 1 aliphatic rings. The summed E-state index contributed by atoms with van der Waals surface area (Å²) in [4.78, 5) is 15.8. The molecule has 1 N–H and O–H groups in total. The van der Waals surface area contributed by atoms with Crippen molar-refractivity contribution in [2.75, 3.05) is 16.8 Å². The highest BCUT2D eigenvalue weighted by Gasteiger charge is 2.26. The van der Waals surface area contributed by atoms with E-state index < -0.39 is 0 Å². The van der Waals surface area contributed by atoms with Crippen LogP contribution in [-0.2, 0) is 0 Å². The quantitative estimate of drug-likeness (QED) is 0.817. The third-order valence-corrected chi connectivity index (χ3v) is 5.17. The number of fused-ring (bicyclic) bond motifs is 1. The maximum atomic E-state index is 12.7. The van der Waals surface area contributed by atoms with Gasteiger partial charge in [0.05, 0.1) is 5.69 Å². The molecule has 3 nitrogen and oxygen atoms in total. The van der Waals surface area contributed by atoms with Gasteiger partial charge in [0.15, 0.2) is 0 Å². The highest BCUT2D eigenvalue weighted by molar-refractivity contribution is 8.00. The minimum Gasteiger partial charge on any atom is -0.307 e. The zero-order valence-electron chi connectivity index (χ0n) is 13.1. The minimum atomic E-state index is -0.0618. The number of urea groups is 1. The van der Waals surface area contributed by atoms with Gasteiger partial charge in [-0.15, -0.1) is 11.8 Å². The molecule has 0 bridgehead atoms. The SMILES string of the molecule is Cc1cccc(NC(=O)N2CC(C)Sc3ccccc32)c1C. The minimum absolute atomic E-state index is 0.0618. The molecule has 2 aromatic carbocycles. The third-order valence-electron chi connectivity index (χ3n) is 4.02. The van der Waals surface area contributed by atoms with Gasteiger partial charge in [0.1, 0.15) is 0 Å². The second-order valence-electron chi connectivity index (χ2n) is 5.68. The first-order chi connectivity index (χ1) is 10.6. The first-order valence-corrected chi connectivity index (χ1v) is 8.34. The smallest absolute Gasteiger partial charge is 0.307 e. The van der Waals surface area contributed by atoms with Crippen molar-refractivity contribution in [1.82, 2.24) is 0 Å². The number of carbonyl (C=O) groups is 1. The fourth-order valence-corrected chi connectivity index (χ4v) is 3.76. The normalized spacial score (nSPS) is 17.0. The number of benzene rings is 2. The van der Waals surface area contributed by atoms with E-state index in [9.17, 15) is 4.79 Å². The van der Waals surface area contributed by atoms with Gasteiger partial charge >= 0.3 is 6.03 Å². The lowest BCUT2D eigenvalue weighted by Crippen LogP contribution is -2.41. The number of aryl methyl sites for hydroxylation is 1. The Bertz CT molecular complexity index is 714. The van der Waals surface area contributed by atoms with Crippen LogP contribution in [0.2, 0.25) is 0 Å². The average Bonchev–Trinajstić information content (AvgIpc) is 2.51. The van der Waals surface area contributed by atoms with Crippen molar-refractivity contribution in [2.45, 2.75) is 30.9 Å². The summed E-state index contributed by atoms with van der Waals surface area (Å²) in [5.41, 5.74) is 4.17. The summed E-state index contributed by atoms with van der Waals surface area (Å²) in [5.74, 6) is 0. The maximum Gasteiger partial charge on any atom is 0.326 e. The van der Waals surface area contributed by atoms with Crippen LogP contribution >= 0.6 is 11.8 Å². The van der Waals surface area contributed by atoms with Crippen molar-refractivity contribution in [3.05, 3.63) is 53.6 Å². The number of nitrogens with zero attached hydrogens (tertiary/aromatic N) is 1. The average molecular weight is 312 g/mol. The number of hydrogen-bond acceptors (Lipinski definition) is 2. The molecule has 22 heavy (non-hydrogen) atoms. The van der Waals surface area contributed by atoms with Gasteiger partial charge in [-0.25, -0.2) is 4.79 Å². The van der Waals surface area contributed by atoms with Gasteiger partial charge in [0, 0.05) is 22.4 Å². The number of amides is 2. The molecule has 1 unspecified atom stereocenters. The molecule has 3 rings (SSSR count). The molecule has 0 aromatic heterocycles. The molecule has 0 saturated carbocycles. The fourth-order valence-electron chi connectivity index (χ4n) is 2.65. The second-order valence-corrected chi connectivity index (χ2v) is 7.16. The van der Waals surface area contributed by atoms with Crippen LogP contribution < -0.4 is 10.2 Å². The summed E-state index contributed by atoms with van der Waals surface area (Å²) in [6, 6.07) is 14.0. The maximum absolute atomic E-state index is 12.7. The predicted molar refractivity (Wildman–Crippen MR) is 94.0 cm³/mol. The topological polar surface area (TPSA) is 32.3 Å². The number of hydrogen-bond donors (Lipinski definition) is 1. The summed E-state index contributed by atoms with van der Waals surface area (Å²) in [7, 11) is 0. The van der Waals surface area contributed by atoms with E-state index in [0.29, 0.717) is 5.25 Å². The molecule has 0 aliphatic carbocycles. The molecule has 1 aliphatic heterocycles. The standard InChI is InChI=1S/C18H20N2OS/c1-12-7-6-8-15(14(12)3)19-18(21)20-11-13(2)22-17-10-5-4-9-16(17)20/h4-10,13H,11H2,1-3H3,(H,19,21). The van der Waals surface area contributed by atoms with E-state index in [-0.39, 0.29) is 6.03 Å². The lowest BCUT2D eigenvalue weighted by molar-refractivity contribution is 0.256. The van der Waals surface area contributed by atoms with Crippen LogP contribution in [0.4, 0.5) is 16.2 Å². The molecule has 0 saturated heterocycles. The van der Waals surface area contributed by atoms with Crippen LogP contribution in [0.1, 0.15) is 18.1 Å². The lowest BCUT2D eigenvalue weighted by atomic mass is 10.1. The lowest BCUT2D eigenvalue weighted by Gasteiger charge is -2.32. The number of anilines is 2. The van der Waals surface area contributed by atoms with Gasteiger partial charge in [-0.05, 0) is 43.2 Å². The van der Waals surface area contributed by atoms with Crippen molar-refractivity contribution < 1.29 is 4.79 Å². The van der Waals surface area contributed by atoms with Crippen LogP contribution in [0.25, 0.3) is 0 Å². The highest BCUT2D eigenvalue weighted by Crippen LogP contribution is 2.38. The molecular formula is C18H20N2OS. The highest BCUT2D eigenvalue weighted by atomic mass is 32.2. The van der Waals surface area contributed by atoms with Gasteiger partial charge < -0.3 is 5.32 Å². The Balaban J connectivity index is 1.88. The first kappa shape index (κ1) is 15.0. The molecule has 0 spiro atoms. The Morgan fingerprint density at radius 2 is 1.95 bits per heavy atom. The van der Waals surface area contributed by atoms with Gasteiger partial charge in [0.2, 0.25) is 0 Å². The number of para-hydroxylation sites is 1. The molecule has 4 heteroatoms. The van der Waals surface area contributed by atoms with E-state index in [0.717, 1.165) is 28.4 Å². The summed E-state index contributed by atoms with van der Waals surface area (Å²) < 4.78 is 0. The predicted octanol–water partition coefficient (Wildman–Crippen LogP) is 4.84. The first-order valence-electron chi connectivity index (χ1n) is 7.46. The Morgan fingerprint density at radius 3 is 2.77 bits per heavy atom. The number of carbonyl (C=O) groups excluding carboxylic acids is 1. The Kier molecular flexibility index (Phi) is 4.12. The van der Waals surface area contributed by atoms with Crippen molar-refractivity contribution >= 4 is 29.2 Å². The van der Waals surface area contributed by atoms with E-state index in [4.69, 9.17) is 0 Å². The van der Waals surface area contributed by atoms with Crippen molar-refractivity contribution in [3.63, 3.8) is 0 Å².